The van der Waals surface area contributed by atoms with Crippen LogP contribution in [0.25, 0.3) is 0 Å². The molecule has 4 N–H and O–H groups in total. The molecule has 1 fully saturated rings. The van der Waals surface area contributed by atoms with E-state index in [0.717, 1.165) is 25.7 Å². The molecule has 0 bridgehead atoms. The van der Waals surface area contributed by atoms with E-state index in [0.29, 0.717) is 12.1 Å². The van der Waals surface area contributed by atoms with Gasteiger partial charge in [0.1, 0.15) is 0 Å². The van der Waals surface area contributed by atoms with Crippen LogP contribution in [0.1, 0.15) is 37.4 Å². The van der Waals surface area contributed by atoms with Crippen molar-refractivity contribution in [3.05, 3.63) is 35.9 Å². The number of aliphatic hydroxyl groups excluding tert-OH is 1. The molecule has 0 saturated heterocycles. The highest BCUT2D eigenvalue weighted by Crippen LogP contribution is 2.29. The van der Waals surface area contributed by atoms with Crippen molar-refractivity contribution in [2.45, 2.75) is 37.3 Å². The van der Waals surface area contributed by atoms with Crippen molar-refractivity contribution in [2.24, 2.45) is 5.73 Å². The molecule has 1 aromatic rings. The number of hydrogen-bond acceptors (Lipinski definition) is 3. The highest BCUT2D eigenvalue weighted by molar-refractivity contribution is 5.82. The lowest BCUT2D eigenvalue weighted by Gasteiger charge is -2.29. The van der Waals surface area contributed by atoms with Gasteiger partial charge in [-0.15, -0.1) is 0 Å². The molecule has 0 heterocycles. The maximum absolute atomic E-state index is 12.0. The zero-order valence-electron chi connectivity index (χ0n) is 10.4. The number of carbonyl (C=O) groups excluding carboxylic acids is 1. The second-order valence-electron chi connectivity index (χ2n) is 4.99. The number of carbonyl (C=O) groups is 1. The monoisotopic (exact) mass is 248 g/mol. The van der Waals surface area contributed by atoms with E-state index in [1.54, 1.807) is 24.3 Å². The first-order valence-corrected chi connectivity index (χ1v) is 6.42. The molecule has 0 spiro atoms. The fraction of sp³-hybridized carbons (Fsp3) is 0.500. The Kier molecular flexibility index (Phi) is 3.99. The fourth-order valence-corrected chi connectivity index (χ4v) is 2.55. The SMILES string of the molecule is NCC1(NC(=O)C(O)c2ccccc2)CCCC1. The van der Waals surface area contributed by atoms with Gasteiger partial charge in [-0.1, -0.05) is 43.2 Å². The van der Waals surface area contributed by atoms with Gasteiger partial charge in [-0.05, 0) is 18.4 Å². The van der Waals surface area contributed by atoms with Gasteiger partial charge in [-0.2, -0.15) is 0 Å². The van der Waals surface area contributed by atoms with E-state index in [1.807, 2.05) is 6.07 Å². The molecule has 0 aromatic heterocycles. The molecule has 0 radical (unpaired) electrons. The van der Waals surface area contributed by atoms with E-state index < -0.39 is 6.10 Å². The number of nitrogens with two attached hydrogens (primary N) is 1. The Morgan fingerprint density at radius 3 is 2.50 bits per heavy atom. The summed E-state index contributed by atoms with van der Waals surface area (Å²) in [7, 11) is 0. The fourth-order valence-electron chi connectivity index (χ4n) is 2.55. The molecular formula is C14H20N2O2. The number of aliphatic hydroxyl groups is 1. The van der Waals surface area contributed by atoms with Crippen molar-refractivity contribution in [1.82, 2.24) is 5.32 Å². The predicted octanol–water partition coefficient (Wildman–Crippen LogP) is 1.11. The number of nitrogens with one attached hydrogen (secondary N) is 1. The molecule has 1 unspecified atom stereocenters. The van der Waals surface area contributed by atoms with Gasteiger partial charge in [0.15, 0.2) is 6.10 Å². The van der Waals surface area contributed by atoms with Crippen LogP contribution in [0.15, 0.2) is 30.3 Å². The summed E-state index contributed by atoms with van der Waals surface area (Å²) < 4.78 is 0. The molecule has 0 aliphatic heterocycles. The van der Waals surface area contributed by atoms with Gasteiger partial charge in [0, 0.05) is 6.54 Å². The smallest absolute Gasteiger partial charge is 0.253 e. The van der Waals surface area contributed by atoms with Gasteiger partial charge in [-0.25, -0.2) is 0 Å². The highest BCUT2D eigenvalue weighted by atomic mass is 16.3. The molecule has 2 rings (SSSR count). The van der Waals surface area contributed by atoms with Gasteiger partial charge in [0.05, 0.1) is 5.54 Å². The van der Waals surface area contributed by atoms with Crippen molar-refractivity contribution in [2.75, 3.05) is 6.54 Å². The lowest BCUT2D eigenvalue weighted by molar-refractivity contribution is -0.131. The zero-order valence-corrected chi connectivity index (χ0v) is 10.4. The van der Waals surface area contributed by atoms with Crippen molar-refractivity contribution in [3.8, 4) is 0 Å². The molecule has 98 valence electrons. The minimum atomic E-state index is -1.12. The zero-order chi connectivity index (χ0) is 13.0. The second kappa shape index (κ2) is 5.50. The van der Waals surface area contributed by atoms with Crippen LogP contribution in [-0.2, 0) is 4.79 Å². The summed E-state index contributed by atoms with van der Waals surface area (Å²) in [4.78, 5) is 12.0. The van der Waals surface area contributed by atoms with Crippen LogP contribution < -0.4 is 11.1 Å². The first-order chi connectivity index (χ1) is 8.67. The van der Waals surface area contributed by atoms with Gasteiger partial charge >= 0.3 is 0 Å². The van der Waals surface area contributed by atoms with Gasteiger partial charge < -0.3 is 16.2 Å². The molecule has 4 nitrogen and oxygen atoms in total. The number of rotatable bonds is 4. The first kappa shape index (κ1) is 13.1. The average Bonchev–Trinajstić information content (AvgIpc) is 2.88. The maximum atomic E-state index is 12.0. The van der Waals surface area contributed by atoms with E-state index in [1.165, 1.54) is 0 Å². The minimum Gasteiger partial charge on any atom is -0.378 e. The maximum Gasteiger partial charge on any atom is 0.253 e. The number of benzene rings is 1. The Bertz CT molecular complexity index is 400. The van der Waals surface area contributed by atoms with Gasteiger partial charge in [0.25, 0.3) is 5.91 Å². The Labute approximate surface area is 107 Å². The molecule has 1 aliphatic carbocycles. The third kappa shape index (κ3) is 2.71. The lowest BCUT2D eigenvalue weighted by atomic mass is 9.97. The number of amides is 1. The molecule has 1 saturated carbocycles. The standard InChI is InChI=1S/C14H20N2O2/c15-10-14(8-4-5-9-14)16-13(18)12(17)11-6-2-1-3-7-11/h1-3,6-7,12,17H,4-5,8-10,15H2,(H,16,18). The van der Waals surface area contributed by atoms with Crippen LogP contribution in [0.4, 0.5) is 0 Å². The highest BCUT2D eigenvalue weighted by Gasteiger charge is 2.35. The van der Waals surface area contributed by atoms with Crippen LogP contribution in [0.2, 0.25) is 0 Å². The second-order valence-corrected chi connectivity index (χ2v) is 4.99. The van der Waals surface area contributed by atoms with Crippen LogP contribution in [0.5, 0.6) is 0 Å². The summed E-state index contributed by atoms with van der Waals surface area (Å²) in [6.45, 7) is 0.431. The van der Waals surface area contributed by atoms with Crippen LogP contribution in [-0.4, -0.2) is 23.1 Å². The van der Waals surface area contributed by atoms with Gasteiger partial charge in [0.2, 0.25) is 0 Å². The quantitative estimate of drug-likeness (QED) is 0.747. The summed E-state index contributed by atoms with van der Waals surface area (Å²) in [5.41, 5.74) is 6.06. The van der Waals surface area contributed by atoms with Gasteiger partial charge in [-0.3, -0.25) is 4.79 Å². The average molecular weight is 248 g/mol. The lowest BCUT2D eigenvalue weighted by Crippen LogP contribution is -2.53. The van der Waals surface area contributed by atoms with Crippen molar-refractivity contribution in [3.63, 3.8) is 0 Å². The summed E-state index contributed by atoms with van der Waals surface area (Å²) >= 11 is 0. The van der Waals surface area contributed by atoms with Crippen molar-refractivity contribution in [1.29, 1.82) is 0 Å². The van der Waals surface area contributed by atoms with Crippen LogP contribution >= 0.6 is 0 Å². The third-order valence-corrected chi connectivity index (χ3v) is 3.70. The third-order valence-electron chi connectivity index (χ3n) is 3.70. The summed E-state index contributed by atoms with van der Waals surface area (Å²) in [6.07, 6.45) is 2.85. The van der Waals surface area contributed by atoms with E-state index in [4.69, 9.17) is 5.73 Å². The molecule has 18 heavy (non-hydrogen) atoms. The Morgan fingerprint density at radius 1 is 1.33 bits per heavy atom. The van der Waals surface area contributed by atoms with Crippen molar-refractivity contribution >= 4 is 5.91 Å². The topological polar surface area (TPSA) is 75.3 Å². The molecular weight excluding hydrogens is 228 g/mol. The van der Waals surface area contributed by atoms with E-state index in [-0.39, 0.29) is 11.4 Å². The molecule has 1 atom stereocenters. The van der Waals surface area contributed by atoms with Crippen LogP contribution in [0, 0.1) is 0 Å². The molecule has 1 aliphatic rings. The van der Waals surface area contributed by atoms with E-state index >= 15 is 0 Å². The normalized spacial score (nSPS) is 19.4. The molecule has 1 amide bonds. The predicted molar refractivity (Wildman–Crippen MR) is 69.8 cm³/mol. The van der Waals surface area contributed by atoms with E-state index in [9.17, 15) is 9.90 Å². The summed E-state index contributed by atoms with van der Waals surface area (Å²) in [5, 5.41) is 12.9. The molecule has 4 heteroatoms. The largest absolute Gasteiger partial charge is 0.378 e. The Balaban J connectivity index is 2.03. The first-order valence-electron chi connectivity index (χ1n) is 6.42. The summed E-state index contributed by atoms with van der Waals surface area (Å²) in [6, 6.07) is 8.95. The van der Waals surface area contributed by atoms with Crippen molar-refractivity contribution < 1.29 is 9.90 Å². The Morgan fingerprint density at radius 2 is 1.94 bits per heavy atom. The summed E-state index contributed by atoms with van der Waals surface area (Å²) in [5.74, 6) is -0.353. The van der Waals surface area contributed by atoms with Crippen LogP contribution in [0.3, 0.4) is 0 Å². The Hall–Kier alpha value is -1.39. The van der Waals surface area contributed by atoms with E-state index in [2.05, 4.69) is 5.32 Å². The molecule has 1 aromatic carbocycles. The number of hydrogen-bond donors (Lipinski definition) is 3. The minimum absolute atomic E-state index is 0.313.